The van der Waals surface area contributed by atoms with Crippen LogP contribution in [0.2, 0.25) is 0 Å². The first kappa shape index (κ1) is 11.8. The summed E-state index contributed by atoms with van der Waals surface area (Å²) in [6.45, 7) is 1.65. The summed E-state index contributed by atoms with van der Waals surface area (Å²) in [7, 11) is 0. The van der Waals surface area contributed by atoms with E-state index in [2.05, 4.69) is 0 Å². The summed E-state index contributed by atoms with van der Waals surface area (Å²) in [6, 6.07) is 1.52. The fourth-order valence-electron chi connectivity index (χ4n) is 2.16. The van der Waals surface area contributed by atoms with Crippen LogP contribution in [-0.4, -0.2) is 17.3 Å². The van der Waals surface area contributed by atoms with Crippen molar-refractivity contribution in [3.05, 3.63) is 23.7 Å². The Bertz CT molecular complexity index is 452. The lowest BCUT2D eigenvalue weighted by molar-refractivity contribution is -0.129. The van der Waals surface area contributed by atoms with E-state index < -0.39 is 11.7 Å². The van der Waals surface area contributed by atoms with E-state index in [1.54, 1.807) is 6.92 Å². The molecule has 0 bridgehead atoms. The molecule has 2 rings (SSSR count). The van der Waals surface area contributed by atoms with Crippen molar-refractivity contribution in [2.45, 2.75) is 32.6 Å². The Kier molecular flexibility index (Phi) is 3.22. The number of furan rings is 1. The van der Waals surface area contributed by atoms with Gasteiger partial charge in [-0.1, -0.05) is 0 Å². The highest BCUT2D eigenvalue weighted by Crippen LogP contribution is 2.22. The molecule has 4 nitrogen and oxygen atoms in total. The van der Waals surface area contributed by atoms with Crippen molar-refractivity contribution in [1.82, 2.24) is 0 Å². The van der Waals surface area contributed by atoms with Gasteiger partial charge in [0.1, 0.15) is 11.7 Å². The zero-order valence-electron chi connectivity index (χ0n) is 9.69. The first-order valence-electron chi connectivity index (χ1n) is 5.75. The predicted molar refractivity (Wildman–Crippen MR) is 59.7 cm³/mol. The molecule has 0 N–H and O–H groups in total. The highest BCUT2D eigenvalue weighted by molar-refractivity contribution is 6.24. The van der Waals surface area contributed by atoms with E-state index in [0.29, 0.717) is 37.0 Å². The quantitative estimate of drug-likeness (QED) is 0.446. The maximum Gasteiger partial charge on any atom is 0.184 e. The summed E-state index contributed by atoms with van der Waals surface area (Å²) in [5.41, 5.74) is 0.346. The van der Waals surface area contributed by atoms with Gasteiger partial charge in [-0.05, 0) is 25.8 Å². The molecule has 1 aromatic heterocycles. The van der Waals surface area contributed by atoms with Gasteiger partial charge in [0.05, 0.1) is 11.8 Å². The smallest absolute Gasteiger partial charge is 0.184 e. The maximum atomic E-state index is 12.2. The number of carbonyl (C=O) groups excluding carboxylic acids is 3. The Morgan fingerprint density at radius 1 is 1.24 bits per heavy atom. The molecule has 1 aliphatic rings. The number of hydrogen-bond acceptors (Lipinski definition) is 4. The molecule has 0 atom stereocenters. The highest BCUT2D eigenvalue weighted by atomic mass is 16.3. The zero-order valence-corrected chi connectivity index (χ0v) is 9.69. The summed E-state index contributed by atoms with van der Waals surface area (Å²) in [6.07, 6.45) is 3.42. The average molecular weight is 234 g/mol. The highest BCUT2D eigenvalue weighted by Gasteiger charge is 2.36. The van der Waals surface area contributed by atoms with Crippen molar-refractivity contribution in [1.29, 1.82) is 0 Å². The fraction of sp³-hybridized carbons (Fsp3) is 0.462. The van der Waals surface area contributed by atoms with Gasteiger partial charge in [-0.2, -0.15) is 0 Å². The minimum Gasteiger partial charge on any atom is -0.469 e. The predicted octanol–water partition coefficient (Wildman–Crippen LogP) is 2.10. The van der Waals surface area contributed by atoms with Gasteiger partial charge < -0.3 is 4.42 Å². The maximum absolute atomic E-state index is 12.2. The molecule has 0 aliphatic heterocycles. The molecule has 1 fully saturated rings. The number of ketones is 3. The molecule has 1 saturated carbocycles. The molecule has 0 unspecified atom stereocenters. The molecule has 0 radical (unpaired) electrons. The molecule has 0 amide bonds. The van der Waals surface area contributed by atoms with E-state index in [4.69, 9.17) is 4.42 Å². The van der Waals surface area contributed by atoms with Gasteiger partial charge in [0, 0.05) is 12.8 Å². The van der Waals surface area contributed by atoms with Gasteiger partial charge in [-0.25, -0.2) is 0 Å². The summed E-state index contributed by atoms with van der Waals surface area (Å²) < 4.78 is 5.03. The van der Waals surface area contributed by atoms with E-state index >= 15 is 0 Å². The first-order valence-corrected chi connectivity index (χ1v) is 5.75. The molecule has 1 aliphatic carbocycles. The molecular weight excluding hydrogens is 220 g/mol. The largest absolute Gasteiger partial charge is 0.469 e. The Labute approximate surface area is 99.0 Å². The number of Topliss-reactive ketones (excluding diaryl/α,β-unsaturated/α-hetero) is 3. The van der Waals surface area contributed by atoms with Crippen molar-refractivity contribution in [3.63, 3.8) is 0 Å². The third-order valence-electron chi connectivity index (χ3n) is 3.13. The van der Waals surface area contributed by atoms with Crippen molar-refractivity contribution < 1.29 is 18.8 Å². The van der Waals surface area contributed by atoms with Gasteiger partial charge in [0.2, 0.25) is 0 Å². The summed E-state index contributed by atoms with van der Waals surface area (Å²) in [4.78, 5) is 35.8. The second kappa shape index (κ2) is 4.65. The van der Waals surface area contributed by atoms with Crippen LogP contribution in [-0.2, 0) is 9.59 Å². The van der Waals surface area contributed by atoms with E-state index in [0.717, 1.165) is 0 Å². The lowest BCUT2D eigenvalue weighted by Gasteiger charge is -2.09. The van der Waals surface area contributed by atoms with E-state index in [-0.39, 0.29) is 11.6 Å². The van der Waals surface area contributed by atoms with Crippen LogP contribution in [0.25, 0.3) is 0 Å². The normalized spacial score (nSPS) is 18.2. The molecule has 90 valence electrons. The van der Waals surface area contributed by atoms with Crippen LogP contribution in [0.5, 0.6) is 0 Å². The summed E-state index contributed by atoms with van der Waals surface area (Å²) in [5, 5.41) is 0. The van der Waals surface area contributed by atoms with Crippen LogP contribution in [0.3, 0.4) is 0 Å². The number of aryl methyl sites for hydroxylation is 1. The average Bonchev–Trinajstić information content (AvgIpc) is 2.63. The van der Waals surface area contributed by atoms with Crippen molar-refractivity contribution in [3.8, 4) is 0 Å². The van der Waals surface area contributed by atoms with Crippen LogP contribution < -0.4 is 0 Å². The van der Waals surface area contributed by atoms with Crippen molar-refractivity contribution in [2.24, 2.45) is 5.92 Å². The Morgan fingerprint density at radius 3 is 2.29 bits per heavy atom. The number of rotatable bonds is 2. The Balaban J connectivity index is 2.31. The summed E-state index contributed by atoms with van der Waals surface area (Å²) >= 11 is 0. The van der Waals surface area contributed by atoms with Crippen LogP contribution in [0, 0.1) is 12.8 Å². The summed E-state index contributed by atoms with van der Waals surface area (Å²) in [5.74, 6) is -1.56. The molecule has 4 heteroatoms. The number of carbonyl (C=O) groups is 3. The third-order valence-corrected chi connectivity index (χ3v) is 3.13. The molecule has 1 aromatic rings. The van der Waals surface area contributed by atoms with Crippen molar-refractivity contribution >= 4 is 17.3 Å². The molecule has 0 saturated heterocycles. The van der Waals surface area contributed by atoms with Crippen LogP contribution in [0.1, 0.15) is 41.8 Å². The SMILES string of the molecule is Cc1occc1C(=O)C1C(=O)CCCCC1=O. The Morgan fingerprint density at radius 2 is 1.82 bits per heavy atom. The van der Waals surface area contributed by atoms with Crippen LogP contribution in [0.4, 0.5) is 0 Å². The Hall–Kier alpha value is -1.71. The second-order valence-corrected chi connectivity index (χ2v) is 4.33. The van der Waals surface area contributed by atoms with Crippen LogP contribution in [0.15, 0.2) is 16.7 Å². The van der Waals surface area contributed by atoms with Gasteiger partial charge in [0.25, 0.3) is 0 Å². The van der Waals surface area contributed by atoms with Crippen LogP contribution >= 0.6 is 0 Å². The minimum atomic E-state index is -1.10. The molecule has 1 heterocycles. The third kappa shape index (κ3) is 2.20. The van der Waals surface area contributed by atoms with Crippen molar-refractivity contribution in [2.75, 3.05) is 0 Å². The molecule has 0 aromatic carbocycles. The van der Waals surface area contributed by atoms with Gasteiger partial charge >= 0.3 is 0 Å². The monoisotopic (exact) mass is 234 g/mol. The topological polar surface area (TPSA) is 64.3 Å². The van der Waals surface area contributed by atoms with E-state index in [1.807, 2.05) is 0 Å². The fourth-order valence-corrected chi connectivity index (χ4v) is 2.16. The molecule has 17 heavy (non-hydrogen) atoms. The van der Waals surface area contributed by atoms with Gasteiger partial charge in [-0.15, -0.1) is 0 Å². The van der Waals surface area contributed by atoms with Gasteiger partial charge in [0.15, 0.2) is 17.3 Å². The lowest BCUT2D eigenvalue weighted by Crippen LogP contribution is -2.30. The molecule has 0 spiro atoms. The van der Waals surface area contributed by atoms with E-state index in [9.17, 15) is 14.4 Å². The lowest BCUT2D eigenvalue weighted by atomic mass is 9.89. The second-order valence-electron chi connectivity index (χ2n) is 4.33. The van der Waals surface area contributed by atoms with Gasteiger partial charge in [-0.3, -0.25) is 14.4 Å². The minimum absolute atomic E-state index is 0.252. The first-order chi connectivity index (χ1) is 8.11. The van der Waals surface area contributed by atoms with E-state index in [1.165, 1.54) is 12.3 Å². The zero-order chi connectivity index (χ0) is 12.4. The standard InChI is InChI=1S/C13H14O4/c1-8-9(6-7-17-8)13(16)12-10(14)4-2-3-5-11(12)15/h6-7,12H,2-5H2,1H3. The number of hydrogen-bond donors (Lipinski definition) is 0. The molecular formula is C13H14O4.